The summed E-state index contributed by atoms with van der Waals surface area (Å²) < 4.78 is 5.53. The van der Waals surface area contributed by atoms with Gasteiger partial charge in [0, 0.05) is 17.7 Å². The smallest absolute Gasteiger partial charge is 0.271 e. The number of nitro benzene ring substituents is 1. The topological polar surface area (TPSA) is 114 Å². The summed E-state index contributed by atoms with van der Waals surface area (Å²) in [6.45, 7) is 3.74. The minimum Gasteiger partial charge on any atom is -0.506 e. The SMILES string of the molecule is CC(C)Oc1cccc(C(=O)NC(=S)Nc2cc([N+](=O)[O-])ccc2O)c1. The van der Waals surface area contributed by atoms with Gasteiger partial charge >= 0.3 is 0 Å². The average Bonchev–Trinajstić information content (AvgIpc) is 2.56. The average molecular weight is 375 g/mol. The van der Waals surface area contributed by atoms with Crippen molar-refractivity contribution in [3.8, 4) is 11.5 Å². The summed E-state index contributed by atoms with van der Waals surface area (Å²) in [4.78, 5) is 22.5. The van der Waals surface area contributed by atoms with Gasteiger partial charge in [-0.3, -0.25) is 20.2 Å². The van der Waals surface area contributed by atoms with Crippen molar-refractivity contribution in [2.75, 3.05) is 5.32 Å². The number of rotatable bonds is 5. The van der Waals surface area contributed by atoms with E-state index in [2.05, 4.69) is 10.6 Å². The van der Waals surface area contributed by atoms with Crippen molar-refractivity contribution in [1.29, 1.82) is 0 Å². The predicted molar refractivity (Wildman–Crippen MR) is 101 cm³/mol. The zero-order chi connectivity index (χ0) is 19.3. The molecule has 26 heavy (non-hydrogen) atoms. The lowest BCUT2D eigenvalue weighted by molar-refractivity contribution is -0.384. The Bertz CT molecular complexity index is 854. The molecule has 9 heteroatoms. The molecule has 0 bridgehead atoms. The molecule has 8 nitrogen and oxygen atoms in total. The van der Waals surface area contributed by atoms with Crippen LogP contribution in [0.1, 0.15) is 24.2 Å². The second-order valence-corrected chi connectivity index (χ2v) is 5.97. The largest absolute Gasteiger partial charge is 0.506 e. The number of phenolic OH excluding ortho intramolecular Hbond substituents is 1. The van der Waals surface area contributed by atoms with E-state index < -0.39 is 10.8 Å². The Morgan fingerprint density at radius 3 is 2.65 bits per heavy atom. The fourth-order valence-electron chi connectivity index (χ4n) is 2.05. The molecule has 0 spiro atoms. The molecule has 0 aliphatic carbocycles. The number of anilines is 1. The summed E-state index contributed by atoms with van der Waals surface area (Å²) >= 11 is 5.03. The standard InChI is InChI=1S/C17H17N3O5S/c1-10(2)25-13-5-3-4-11(8-13)16(22)19-17(26)18-14-9-12(20(23)24)6-7-15(14)21/h3-10,21H,1-2H3,(H2,18,19,22,26). The summed E-state index contributed by atoms with van der Waals surface area (Å²) in [5, 5.41) is 25.5. The first kappa shape index (κ1) is 19.1. The van der Waals surface area contributed by atoms with Crippen molar-refractivity contribution >= 4 is 34.6 Å². The fraction of sp³-hybridized carbons (Fsp3) is 0.176. The number of benzene rings is 2. The third kappa shape index (κ3) is 5.15. The van der Waals surface area contributed by atoms with Gasteiger partial charge in [0.05, 0.1) is 16.7 Å². The number of hydrogen-bond acceptors (Lipinski definition) is 6. The normalized spacial score (nSPS) is 10.3. The predicted octanol–water partition coefficient (Wildman–Crippen LogP) is 3.21. The van der Waals surface area contributed by atoms with Crippen LogP contribution in [-0.2, 0) is 0 Å². The number of carbonyl (C=O) groups is 1. The van der Waals surface area contributed by atoms with Crippen molar-refractivity contribution < 1.29 is 19.6 Å². The molecule has 0 saturated heterocycles. The Kier molecular flexibility index (Phi) is 6.07. The Hall–Kier alpha value is -3.20. The van der Waals surface area contributed by atoms with E-state index in [0.29, 0.717) is 11.3 Å². The highest BCUT2D eigenvalue weighted by Crippen LogP contribution is 2.27. The van der Waals surface area contributed by atoms with Crippen molar-refractivity contribution in [2.45, 2.75) is 20.0 Å². The molecule has 136 valence electrons. The van der Waals surface area contributed by atoms with Gasteiger partial charge in [0.1, 0.15) is 11.5 Å². The van der Waals surface area contributed by atoms with Crippen LogP contribution < -0.4 is 15.4 Å². The first-order valence-corrected chi connectivity index (χ1v) is 8.03. The summed E-state index contributed by atoms with van der Waals surface area (Å²) in [6.07, 6.45) is -0.0344. The Morgan fingerprint density at radius 2 is 2.00 bits per heavy atom. The van der Waals surface area contributed by atoms with E-state index in [9.17, 15) is 20.0 Å². The molecule has 0 aromatic heterocycles. The molecular weight excluding hydrogens is 358 g/mol. The van der Waals surface area contributed by atoms with Gasteiger partial charge in [0.25, 0.3) is 11.6 Å². The fourth-order valence-corrected chi connectivity index (χ4v) is 2.25. The maximum Gasteiger partial charge on any atom is 0.271 e. The third-order valence-corrected chi connectivity index (χ3v) is 3.34. The van der Waals surface area contributed by atoms with E-state index in [1.807, 2.05) is 13.8 Å². The number of nitro groups is 1. The Labute approximate surface area is 154 Å². The minimum atomic E-state index is -0.605. The Morgan fingerprint density at radius 1 is 1.27 bits per heavy atom. The van der Waals surface area contributed by atoms with Gasteiger partial charge in [-0.2, -0.15) is 0 Å². The monoisotopic (exact) mass is 375 g/mol. The molecule has 3 N–H and O–H groups in total. The summed E-state index contributed by atoms with van der Waals surface area (Å²) in [5.41, 5.74) is 0.120. The van der Waals surface area contributed by atoms with Crippen LogP contribution in [0, 0.1) is 10.1 Å². The van der Waals surface area contributed by atoms with Crippen LogP contribution in [-0.4, -0.2) is 27.2 Å². The highest BCUT2D eigenvalue weighted by atomic mass is 32.1. The van der Waals surface area contributed by atoms with Crippen LogP contribution in [0.25, 0.3) is 0 Å². The van der Waals surface area contributed by atoms with Crippen LogP contribution in [0.15, 0.2) is 42.5 Å². The van der Waals surface area contributed by atoms with Gasteiger partial charge in [0.15, 0.2) is 5.11 Å². The molecule has 2 aromatic carbocycles. The molecule has 0 saturated carbocycles. The number of aromatic hydroxyl groups is 1. The van der Waals surface area contributed by atoms with Crippen molar-refractivity contribution in [2.24, 2.45) is 0 Å². The maximum absolute atomic E-state index is 12.3. The first-order valence-electron chi connectivity index (χ1n) is 7.62. The van der Waals surface area contributed by atoms with Gasteiger partial charge < -0.3 is 15.2 Å². The molecule has 0 unspecified atom stereocenters. The van der Waals surface area contributed by atoms with Gasteiger partial charge in [0.2, 0.25) is 0 Å². The van der Waals surface area contributed by atoms with Crippen molar-refractivity contribution in [3.63, 3.8) is 0 Å². The van der Waals surface area contributed by atoms with E-state index in [1.54, 1.807) is 24.3 Å². The number of hydrogen-bond donors (Lipinski definition) is 3. The summed E-state index contributed by atoms with van der Waals surface area (Å²) in [6, 6.07) is 10.0. The number of nitrogens with zero attached hydrogens (tertiary/aromatic N) is 1. The second kappa shape index (κ2) is 8.26. The molecule has 0 aliphatic heterocycles. The Balaban J connectivity index is 2.07. The summed E-state index contributed by atoms with van der Waals surface area (Å²) in [7, 11) is 0. The highest BCUT2D eigenvalue weighted by molar-refractivity contribution is 7.80. The van der Waals surface area contributed by atoms with Gasteiger partial charge in [-0.05, 0) is 50.3 Å². The number of carbonyl (C=O) groups excluding carboxylic acids is 1. The van der Waals surface area contributed by atoms with Gasteiger partial charge in [-0.15, -0.1) is 0 Å². The molecule has 0 aliphatic rings. The lowest BCUT2D eigenvalue weighted by Gasteiger charge is -2.12. The molecule has 0 atom stereocenters. The van der Waals surface area contributed by atoms with Crippen molar-refractivity contribution in [3.05, 3.63) is 58.1 Å². The molecular formula is C17H17N3O5S. The summed E-state index contributed by atoms with van der Waals surface area (Å²) in [5.74, 6) is -0.177. The lowest BCUT2D eigenvalue weighted by Crippen LogP contribution is -2.34. The number of ether oxygens (including phenoxy) is 1. The van der Waals surface area contributed by atoms with Crippen LogP contribution >= 0.6 is 12.2 Å². The van der Waals surface area contributed by atoms with Crippen LogP contribution in [0.5, 0.6) is 11.5 Å². The van der Waals surface area contributed by atoms with Crippen LogP contribution in [0.4, 0.5) is 11.4 Å². The number of nitrogens with one attached hydrogen (secondary N) is 2. The van der Waals surface area contributed by atoms with Crippen molar-refractivity contribution in [1.82, 2.24) is 5.32 Å². The van der Waals surface area contributed by atoms with Crippen LogP contribution in [0.3, 0.4) is 0 Å². The van der Waals surface area contributed by atoms with E-state index in [1.165, 1.54) is 0 Å². The molecule has 1 amide bonds. The molecule has 0 heterocycles. The molecule has 0 fully saturated rings. The highest BCUT2D eigenvalue weighted by Gasteiger charge is 2.14. The minimum absolute atomic E-state index is 0.0152. The maximum atomic E-state index is 12.3. The number of amides is 1. The quantitative estimate of drug-likeness (QED) is 0.318. The number of non-ortho nitro benzene ring substituents is 1. The molecule has 2 rings (SSSR count). The third-order valence-electron chi connectivity index (χ3n) is 3.13. The van der Waals surface area contributed by atoms with Gasteiger partial charge in [-0.1, -0.05) is 6.07 Å². The van der Waals surface area contributed by atoms with E-state index in [-0.39, 0.29) is 28.3 Å². The first-order chi connectivity index (χ1) is 12.3. The van der Waals surface area contributed by atoms with Crippen LogP contribution in [0.2, 0.25) is 0 Å². The lowest BCUT2D eigenvalue weighted by atomic mass is 10.2. The zero-order valence-corrected chi connectivity index (χ0v) is 14.9. The number of thiocarbonyl (C=S) groups is 1. The number of phenols is 1. The second-order valence-electron chi connectivity index (χ2n) is 5.56. The van der Waals surface area contributed by atoms with E-state index >= 15 is 0 Å². The van der Waals surface area contributed by atoms with Gasteiger partial charge in [-0.25, -0.2) is 0 Å². The molecule has 0 radical (unpaired) electrons. The van der Waals surface area contributed by atoms with E-state index in [4.69, 9.17) is 17.0 Å². The zero-order valence-electron chi connectivity index (χ0n) is 14.1. The molecule has 2 aromatic rings. The van der Waals surface area contributed by atoms with E-state index in [0.717, 1.165) is 18.2 Å².